The molecule has 0 radical (unpaired) electrons. The highest BCUT2D eigenvalue weighted by Gasteiger charge is 2.48. The maximum absolute atomic E-state index is 13.6. The first-order valence-corrected chi connectivity index (χ1v) is 14.1. The highest BCUT2D eigenvalue weighted by atomic mass is 32.2. The number of hydrogen-bond acceptors (Lipinski definition) is 7. The van der Waals surface area contributed by atoms with E-state index >= 15 is 0 Å². The molecule has 5 rings (SSSR count). The van der Waals surface area contributed by atoms with Gasteiger partial charge in [-0.1, -0.05) is 38.0 Å². The maximum Gasteiger partial charge on any atom is 0.291 e. The summed E-state index contributed by atoms with van der Waals surface area (Å²) in [5, 5.41) is 0.373. The topological polar surface area (TPSA) is 103 Å². The van der Waals surface area contributed by atoms with Crippen molar-refractivity contribution in [2.75, 3.05) is 25.2 Å². The Hall–Kier alpha value is -3.33. The Kier molecular flexibility index (Phi) is 6.51. The van der Waals surface area contributed by atoms with Crippen molar-refractivity contribution in [1.29, 1.82) is 0 Å². The first-order chi connectivity index (χ1) is 17.3. The lowest BCUT2D eigenvalue weighted by Crippen LogP contribution is -2.40. The van der Waals surface area contributed by atoms with Crippen LogP contribution in [0.3, 0.4) is 0 Å². The molecule has 190 valence electrons. The van der Waals surface area contributed by atoms with E-state index in [1.807, 2.05) is 0 Å². The fraction of sp³-hybridized carbons (Fsp3) is 0.407. The average Bonchev–Trinajstić information content (AvgIpc) is 3.38. The molecule has 2 aromatic carbocycles. The third-order valence-electron chi connectivity index (χ3n) is 6.92. The number of benzene rings is 2. The van der Waals surface area contributed by atoms with E-state index in [1.165, 1.54) is 12.0 Å². The number of carbonyl (C=O) groups excluding carboxylic acids is 1. The second-order valence-electron chi connectivity index (χ2n) is 9.31. The molecule has 0 N–H and O–H groups in total. The molecule has 2 aliphatic rings. The lowest BCUT2D eigenvalue weighted by atomic mass is 9.97. The molecule has 0 saturated carbocycles. The number of rotatable bonds is 8. The molecule has 1 fully saturated rings. The Morgan fingerprint density at radius 1 is 1.08 bits per heavy atom. The fourth-order valence-corrected chi connectivity index (χ4v) is 6.85. The highest BCUT2D eigenvalue weighted by molar-refractivity contribution is 7.91. The average molecular weight is 512 g/mol. The van der Waals surface area contributed by atoms with Gasteiger partial charge in [0.05, 0.1) is 42.2 Å². The second kappa shape index (κ2) is 9.61. The molecule has 0 spiro atoms. The Labute approximate surface area is 209 Å². The number of sulfone groups is 1. The predicted molar refractivity (Wildman–Crippen MR) is 136 cm³/mol. The summed E-state index contributed by atoms with van der Waals surface area (Å²) in [5.41, 5.74) is 0.878. The van der Waals surface area contributed by atoms with Crippen LogP contribution in [0.2, 0.25) is 0 Å². The summed E-state index contributed by atoms with van der Waals surface area (Å²) in [4.78, 5) is 28.8. The second-order valence-corrected chi connectivity index (χ2v) is 11.5. The van der Waals surface area contributed by atoms with Crippen molar-refractivity contribution in [2.24, 2.45) is 0 Å². The SMILES string of the molecule is CCCCCOc1ccc([C@@H]2c3c(oc4ccccc4c3=O)C(=O)N2[C@H]2CCS(=O)(=O)C2)cc1OC. The first kappa shape index (κ1) is 24.4. The summed E-state index contributed by atoms with van der Waals surface area (Å²) in [6.45, 7) is 2.67. The van der Waals surface area contributed by atoms with Crippen molar-refractivity contribution in [3.63, 3.8) is 0 Å². The number of fused-ring (bicyclic) bond motifs is 2. The Balaban J connectivity index is 1.63. The Morgan fingerprint density at radius 3 is 2.61 bits per heavy atom. The molecule has 1 aromatic heterocycles. The van der Waals surface area contributed by atoms with Crippen LogP contribution in [0.25, 0.3) is 11.0 Å². The molecule has 3 aromatic rings. The standard InChI is InChI=1S/C27H29NO7S/c1-3-4-7-13-34-21-11-10-17(15-22(21)33-2)24-23-25(29)19-8-5-6-9-20(19)35-26(23)27(30)28(24)18-12-14-36(31,32)16-18/h5-6,8-11,15,18,24H,3-4,7,12-14,16H2,1-2H3/t18-,24+/m0/s1. The summed E-state index contributed by atoms with van der Waals surface area (Å²) in [6.07, 6.45) is 3.37. The van der Waals surface area contributed by atoms with Crippen LogP contribution in [0.5, 0.6) is 11.5 Å². The van der Waals surface area contributed by atoms with Gasteiger partial charge in [0.2, 0.25) is 5.76 Å². The number of carbonyl (C=O) groups is 1. The smallest absolute Gasteiger partial charge is 0.291 e. The number of unbranched alkanes of at least 4 members (excludes halogenated alkanes) is 2. The zero-order valence-corrected chi connectivity index (χ0v) is 21.2. The Bertz CT molecular complexity index is 1480. The van der Waals surface area contributed by atoms with Crippen LogP contribution in [-0.4, -0.2) is 50.5 Å². The summed E-state index contributed by atoms with van der Waals surface area (Å²) in [7, 11) is -1.74. The van der Waals surface area contributed by atoms with Crippen LogP contribution in [0.4, 0.5) is 0 Å². The summed E-state index contributed by atoms with van der Waals surface area (Å²) in [5.74, 6) is 0.399. The molecule has 36 heavy (non-hydrogen) atoms. The van der Waals surface area contributed by atoms with E-state index in [-0.39, 0.29) is 28.3 Å². The number of hydrogen-bond donors (Lipinski definition) is 0. The van der Waals surface area contributed by atoms with E-state index in [2.05, 4.69) is 6.92 Å². The minimum Gasteiger partial charge on any atom is -0.493 e. The third-order valence-corrected chi connectivity index (χ3v) is 8.67. The zero-order valence-electron chi connectivity index (χ0n) is 20.4. The van der Waals surface area contributed by atoms with Gasteiger partial charge in [-0.25, -0.2) is 8.42 Å². The largest absolute Gasteiger partial charge is 0.493 e. The van der Waals surface area contributed by atoms with Crippen LogP contribution in [-0.2, 0) is 9.84 Å². The lowest BCUT2D eigenvalue weighted by Gasteiger charge is -2.30. The third kappa shape index (κ3) is 4.25. The molecule has 9 heteroatoms. The van der Waals surface area contributed by atoms with Crippen molar-refractivity contribution < 1.29 is 27.1 Å². The van der Waals surface area contributed by atoms with Gasteiger partial charge in [0, 0.05) is 6.04 Å². The molecule has 0 bridgehead atoms. The predicted octanol–water partition coefficient (Wildman–Crippen LogP) is 4.10. The van der Waals surface area contributed by atoms with Gasteiger partial charge in [0.15, 0.2) is 26.8 Å². The van der Waals surface area contributed by atoms with Crippen molar-refractivity contribution >= 4 is 26.7 Å². The minimum atomic E-state index is -3.28. The number of amides is 1. The fourth-order valence-electron chi connectivity index (χ4n) is 5.14. The van der Waals surface area contributed by atoms with Gasteiger partial charge in [0.1, 0.15) is 5.58 Å². The molecular formula is C27H29NO7S. The van der Waals surface area contributed by atoms with Gasteiger partial charge in [-0.3, -0.25) is 9.59 Å². The van der Waals surface area contributed by atoms with Crippen LogP contribution < -0.4 is 14.9 Å². The summed E-state index contributed by atoms with van der Waals surface area (Å²) < 4.78 is 42.1. The monoisotopic (exact) mass is 511 g/mol. The van der Waals surface area contributed by atoms with Crippen LogP contribution in [0, 0.1) is 0 Å². The minimum absolute atomic E-state index is 0.00171. The van der Waals surface area contributed by atoms with Crippen molar-refractivity contribution in [1.82, 2.24) is 4.90 Å². The van der Waals surface area contributed by atoms with Crippen LogP contribution in [0.1, 0.15) is 60.3 Å². The normalized spacial score (nSPS) is 20.6. The van der Waals surface area contributed by atoms with E-state index in [1.54, 1.807) is 42.5 Å². The molecule has 2 atom stereocenters. The summed E-state index contributed by atoms with van der Waals surface area (Å²) >= 11 is 0. The molecule has 1 amide bonds. The molecule has 0 unspecified atom stereocenters. The quantitative estimate of drug-likeness (QED) is 0.420. The molecule has 3 heterocycles. The van der Waals surface area contributed by atoms with Gasteiger partial charge in [-0.2, -0.15) is 0 Å². The van der Waals surface area contributed by atoms with Gasteiger partial charge in [0.25, 0.3) is 5.91 Å². The van der Waals surface area contributed by atoms with Gasteiger partial charge < -0.3 is 18.8 Å². The van der Waals surface area contributed by atoms with Crippen molar-refractivity contribution in [3.8, 4) is 11.5 Å². The summed E-state index contributed by atoms with van der Waals surface area (Å²) in [6, 6.07) is 10.8. The molecule has 0 aliphatic carbocycles. The van der Waals surface area contributed by atoms with Crippen LogP contribution >= 0.6 is 0 Å². The van der Waals surface area contributed by atoms with Crippen molar-refractivity contribution in [3.05, 3.63) is 69.6 Å². The van der Waals surface area contributed by atoms with E-state index < -0.39 is 27.8 Å². The van der Waals surface area contributed by atoms with Crippen LogP contribution in [0.15, 0.2) is 51.7 Å². The molecule has 8 nitrogen and oxygen atoms in total. The molecular weight excluding hydrogens is 482 g/mol. The molecule has 1 saturated heterocycles. The van der Waals surface area contributed by atoms with Gasteiger partial charge in [-0.15, -0.1) is 0 Å². The van der Waals surface area contributed by atoms with E-state index in [9.17, 15) is 18.0 Å². The number of methoxy groups -OCH3 is 1. The maximum atomic E-state index is 13.6. The lowest BCUT2D eigenvalue weighted by molar-refractivity contribution is 0.0662. The van der Waals surface area contributed by atoms with Gasteiger partial charge >= 0.3 is 0 Å². The first-order valence-electron chi connectivity index (χ1n) is 12.2. The van der Waals surface area contributed by atoms with E-state index in [0.29, 0.717) is 41.1 Å². The van der Waals surface area contributed by atoms with E-state index in [4.69, 9.17) is 13.9 Å². The Morgan fingerprint density at radius 2 is 1.89 bits per heavy atom. The zero-order chi connectivity index (χ0) is 25.4. The van der Waals surface area contributed by atoms with E-state index in [0.717, 1.165) is 19.3 Å². The van der Waals surface area contributed by atoms with Gasteiger partial charge in [-0.05, 0) is 42.7 Å². The number of para-hydroxylation sites is 1. The van der Waals surface area contributed by atoms with Crippen molar-refractivity contribution in [2.45, 2.75) is 44.7 Å². The molecule has 2 aliphatic heterocycles. The highest BCUT2D eigenvalue weighted by Crippen LogP contribution is 2.43. The number of nitrogens with zero attached hydrogens (tertiary/aromatic N) is 1. The number of ether oxygens (including phenoxy) is 2.